The third kappa shape index (κ3) is 57.5. The normalized spacial score (nSPS) is 12.7. The molecule has 0 aliphatic heterocycles. The average molecular weight is 1000 g/mol. The number of unbranched alkanes of at least 4 members (excludes halogenated alkanes) is 45. The Hall–Kier alpha value is -1.66. The highest BCUT2D eigenvalue weighted by Gasteiger charge is 2.20. The van der Waals surface area contributed by atoms with E-state index in [0.29, 0.717) is 25.9 Å². The van der Waals surface area contributed by atoms with Crippen molar-refractivity contribution in [1.29, 1.82) is 0 Å². The molecule has 0 aromatic heterocycles. The van der Waals surface area contributed by atoms with Crippen molar-refractivity contribution in [3.63, 3.8) is 0 Å². The van der Waals surface area contributed by atoms with E-state index in [2.05, 4.69) is 43.5 Å². The number of rotatable bonds is 60. The van der Waals surface area contributed by atoms with Crippen molar-refractivity contribution >= 4 is 11.9 Å². The van der Waals surface area contributed by atoms with Crippen LogP contribution in [0.2, 0.25) is 0 Å². The number of allylic oxidation sites excluding steroid dienone is 4. The molecule has 0 radical (unpaired) electrons. The maximum atomic E-state index is 12.5. The van der Waals surface area contributed by atoms with Crippen molar-refractivity contribution in [2.24, 2.45) is 0 Å². The minimum Gasteiger partial charge on any atom is -0.466 e. The summed E-state index contributed by atoms with van der Waals surface area (Å²) < 4.78 is 5.49. The molecule has 0 rings (SSSR count). The number of amides is 1. The van der Waals surface area contributed by atoms with Gasteiger partial charge in [0.05, 0.1) is 25.4 Å². The molecular weight excluding hydrogens is 875 g/mol. The van der Waals surface area contributed by atoms with E-state index >= 15 is 0 Å². The molecule has 0 saturated carbocycles. The van der Waals surface area contributed by atoms with Crippen molar-refractivity contribution in [1.82, 2.24) is 5.32 Å². The molecule has 2 unspecified atom stereocenters. The van der Waals surface area contributed by atoms with Gasteiger partial charge in [0.1, 0.15) is 0 Å². The first-order valence-corrected chi connectivity index (χ1v) is 32.1. The zero-order valence-electron chi connectivity index (χ0n) is 48.0. The first-order valence-electron chi connectivity index (χ1n) is 32.1. The van der Waals surface area contributed by atoms with Gasteiger partial charge in [-0.3, -0.25) is 9.59 Å². The summed E-state index contributed by atoms with van der Waals surface area (Å²) in [4.78, 5) is 24.6. The third-order valence-electron chi connectivity index (χ3n) is 15.0. The minimum absolute atomic E-state index is 0.00487. The molecule has 0 aromatic rings. The Bertz CT molecular complexity index is 1110. The van der Waals surface area contributed by atoms with E-state index in [4.69, 9.17) is 4.74 Å². The van der Waals surface area contributed by atoms with Crippen LogP contribution in [-0.2, 0) is 14.3 Å². The van der Waals surface area contributed by atoms with Crippen LogP contribution in [0.5, 0.6) is 0 Å². The second-order valence-corrected chi connectivity index (χ2v) is 22.1. The van der Waals surface area contributed by atoms with E-state index in [1.807, 2.05) is 0 Å². The minimum atomic E-state index is -0.665. The lowest BCUT2D eigenvalue weighted by Crippen LogP contribution is -2.45. The van der Waals surface area contributed by atoms with Gasteiger partial charge < -0.3 is 20.3 Å². The van der Waals surface area contributed by atoms with Crippen LogP contribution in [0.25, 0.3) is 0 Å². The standard InChI is InChI=1S/C65H125NO5/c1-3-5-7-9-11-13-15-17-19-26-31-35-39-43-47-51-55-59-65(70)71-60-56-52-48-44-40-36-32-28-25-23-21-22-24-27-30-34-38-42-46-50-54-58-64(69)66-62(61-67)63(68)57-53-49-45-41-37-33-29-20-18-16-14-12-10-8-6-4-2/h11,13,17,19,62-63,67-68H,3-10,12,14-16,18,20-61H2,1-2H3,(H,66,69)/b13-11-,19-17-. The summed E-state index contributed by atoms with van der Waals surface area (Å²) in [6.07, 6.45) is 74.7. The lowest BCUT2D eigenvalue weighted by atomic mass is 10.0. The van der Waals surface area contributed by atoms with Crippen LogP contribution in [0, 0.1) is 0 Å². The predicted molar refractivity (Wildman–Crippen MR) is 310 cm³/mol. The lowest BCUT2D eigenvalue weighted by molar-refractivity contribution is -0.143. The lowest BCUT2D eigenvalue weighted by Gasteiger charge is -2.22. The predicted octanol–water partition coefficient (Wildman–Crippen LogP) is 20.2. The highest BCUT2D eigenvalue weighted by molar-refractivity contribution is 5.76. The first kappa shape index (κ1) is 69.3. The maximum absolute atomic E-state index is 12.5. The van der Waals surface area contributed by atoms with E-state index in [1.54, 1.807) is 0 Å². The molecule has 0 heterocycles. The summed E-state index contributed by atoms with van der Waals surface area (Å²) in [5.74, 6) is -0.0286. The Kier molecular flexibility index (Phi) is 59.5. The average Bonchev–Trinajstić information content (AvgIpc) is 3.37. The largest absolute Gasteiger partial charge is 0.466 e. The SMILES string of the molecule is CCCCC/C=C\C/C=C\CCCCCCCCCC(=O)OCCCCCCCCCCCCCCCCCCCCCCCC(=O)NC(CO)C(O)CCCCCCCCCCCCCCCCCC. The fraction of sp³-hybridized carbons (Fsp3) is 0.908. The van der Waals surface area contributed by atoms with Crippen molar-refractivity contribution in [3.8, 4) is 0 Å². The molecular formula is C65H125NO5. The molecule has 0 fully saturated rings. The smallest absolute Gasteiger partial charge is 0.305 e. The Morgan fingerprint density at radius 3 is 1.10 bits per heavy atom. The molecule has 6 heteroatoms. The van der Waals surface area contributed by atoms with E-state index in [-0.39, 0.29) is 18.5 Å². The van der Waals surface area contributed by atoms with Gasteiger partial charge in [-0.1, -0.05) is 308 Å². The Morgan fingerprint density at radius 1 is 0.394 bits per heavy atom. The van der Waals surface area contributed by atoms with Crippen molar-refractivity contribution in [3.05, 3.63) is 24.3 Å². The summed E-state index contributed by atoms with van der Waals surface area (Å²) >= 11 is 0. The topological polar surface area (TPSA) is 95.9 Å². The van der Waals surface area contributed by atoms with Gasteiger partial charge in [0.15, 0.2) is 0 Å². The molecule has 0 aliphatic rings. The van der Waals surface area contributed by atoms with Crippen LogP contribution in [0.1, 0.15) is 354 Å². The number of aliphatic hydroxyl groups is 2. The second-order valence-electron chi connectivity index (χ2n) is 22.1. The molecule has 1 amide bonds. The van der Waals surface area contributed by atoms with Gasteiger partial charge in [-0.05, 0) is 57.8 Å². The first-order chi connectivity index (χ1) is 35.0. The van der Waals surface area contributed by atoms with E-state index in [0.717, 1.165) is 51.4 Å². The number of hydrogen-bond donors (Lipinski definition) is 3. The summed E-state index contributed by atoms with van der Waals surface area (Å²) in [7, 11) is 0. The van der Waals surface area contributed by atoms with Crippen LogP contribution < -0.4 is 5.32 Å². The number of hydrogen-bond acceptors (Lipinski definition) is 5. The molecule has 2 atom stereocenters. The number of carbonyl (C=O) groups excluding carboxylic acids is 2. The molecule has 0 spiro atoms. The van der Waals surface area contributed by atoms with Gasteiger partial charge >= 0.3 is 5.97 Å². The Labute approximate surface area is 443 Å². The molecule has 0 aliphatic carbocycles. The van der Waals surface area contributed by atoms with Crippen LogP contribution >= 0.6 is 0 Å². The molecule has 71 heavy (non-hydrogen) atoms. The highest BCUT2D eigenvalue weighted by Crippen LogP contribution is 2.18. The Morgan fingerprint density at radius 2 is 0.704 bits per heavy atom. The molecule has 0 aromatic carbocycles. The fourth-order valence-electron chi connectivity index (χ4n) is 10.1. The number of ether oxygens (including phenoxy) is 1. The van der Waals surface area contributed by atoms with Gasteiger partial charge in [-0.15, -0.1) is 0 Å². The van der Waals surface area contributed by atoms with Crippen LogP contribution in [0.4, 0.5) is 0 Å². The fourth-order valence-corrected chi connectivity index (χ4v) is 10.1. The summed E-state index contributed by atoms with van der Waals surface area (Å²) in [6, 6.07) is -0.542. The van der Waals surface area contributed by atoms with E-state index < -0.39 is 12.1 Å². The molecule has 3 N–H and O–H groups in total. The van der Waals surface area contributed by atoms with Crippen molar-refractivity contribution < 1.29 is 24.5 Å². The second kappa shape index (κ2) is 60.9. The molecule has 0 saturated heterocycles. The Balaban J connectivity index is 3.38. The number of aliphatic hydroxyl groups excluding tert-OH is 2. The van der Waals surface area contributed by atoms with Gasteiger partial charge in [-0.25, -0.2) is 0 Å². The number of esters is 1. The zero-order chi connectivity index (χ0) is 51.4. The van der Waals surface area contributed by atoms with Crippen molar-refractivity contribution in [2.45, 2.75) is 366 Å². The zero-order valence-corrected chi connectivity index (χ0v) is 48.0. The van der Waals surface area contributed by atoms with Crippen LogP contribution in [-0.4, -0.2) is 47.4 Å². The molecule has 0 bridgehead atoms. The monoisotopic (exact) mass is 1000 g/mol. The van der Waals surface area contributed by atoms with E-state index in [1.165, 1.54) is 270 Å². The number of carbonyl (C=O) groups is 2. The van der Waals surface area contributed by atoms with Crippen LogP contribution in [0.15, 0.2) is 24.3 Å². The van der Waals surface area contributed by atoms with E-state index in [9.17, 15) is 19.8 Å². The van der Waals surface area contributed by atoms with Crippen molar-refractivity contribution in [2.75, 3.05) is 13.2 Å². The van der Waals surface area contributed by atoms with Gasteiger partial charge in [0, 0.05) is 12.8 Å². The highest BCUT2D eigenvalue weighted by atomic mass is 16.5. The van der Waals surface area contributed by atoms with Gasteiger partial charge in [0.2, 0.25) is 5.91 Å². The third-order valence-corrected chi connectivity index (χ3v) is 15.0. The van der Waals surface area contributed by atoms with Gasteiger partial charge in [0.25, 0.3) is 0 Å². The number of nitrogens with one attached hydrogen (secondary N) is 1. The summed E-state index contributed by atoms with van der Waals surface area (Å²) in [6.45, 7) is 4.95. The maximum Gasteiger partial charge on any atom is 0.305 e. The summed E-state index contributed by atoms with van der Waals surface area (Å²) in [5.41, 5.74) is 0. The van der Waals surface area contributed by atoms with Crippen LogP contribution in [0.3, 0.4) is 0 Å². The van der Waals surface area contributed by atoms with Gasteiger partial charge in [-0.2, -0.15) is 0 Å². The molecule has 420 valence electrons. The quantitative estimate of drug-likeness (QED) is 0.0320. The summed E-state index contributed by atoms with van der Waals surface area (Å²) in [5, 5.41) is 23.3. The molecule has 6 nitrogen and oxygen atoms in total.